The summed E-state index contributed by atoms with van der Waals surface area (Å²) in [5.74, 6) is 0.194. The molecule has 1 aliphatic carbocycles. The van der Waals surface area contributed by atoms with Crippen molar-refractivity contribution in [1.82, 2.24) is 4.57 Å². The minimum atomic E-state index is 0.194. The van der Waals surface area contributed by atoms with Crippen molar-refractivity contribution in [2.24, 2.45) is 0 Å². The van der Waals surface area contributed by atoms with Gasteiger partial charge in [0, 0.05) is 17.5 Å². The van der Waals surface area contributed by atoms with Crippen molar-refractivity contribution >= 4 is 5.78 Å². The molecule has 0 aliphatic heterocycles. The number of rotatable bonds is 3. The van der Waals surface area contributed by atoms with Gasteiger partial charge in [-0.1, -0.05) is 30.3 Å². The van der Waals surface area contributed by atoms with Gasteiger partial charge in [0.15, 0.2) is 5.78 Å². The summed E-state index contributed by atoms with van der Waals surface area (Å²) in [7, 11) is 0. The van der Waals surface area contributed by atoms with Crippen molar-refractivity contribution in [3.05, 3.63) is 59.4 Å². The zero-order valence-electron chi connectivity index (χ0n) is 10.4. The molecule has 1 heterocycles. The number of hydrogen-bond donors (Lipinski definition) is 0. The van der Waals surface area contributed by atoms with Crippen LogP contribution in [-0.2, 0) is 19.4 Å². The van der Waals surface area contributed by atoms with Gasteiger partial charge in [0.1, 0.15) is 0 Å². The number of carbonyl (C=O) groups excluding carboxylic acids is 1. The van der Waals surface area contributed by atoms with E-state index in [1.807, 2.05) is 30.3 Å². The Morgan fingerprint density at radius 1 is 1.06 bits per heavy atom. The maximum Gasteiger partial charge on any atom is 0.182 e. The molecule has 0 spiro atoms. The van der Waals surface area contributed by atoms with E-state index in [2.05, 4.69) is 16.8 Å². The van der Waals surface area contributed by atoms with E-state index in [0.29, 0.717) is 6.54 Å². The number of aryl methyl sites for hydroxylation is 1. The molecule has 1 aromatic carbocycles. The predicted octanol–water partition coefficient (Wildman–Crippen LogP) is 3.25. The standard InChI is InChI=1S/C16H17NO/c18-16(14-7-2-1-3-8-14)12-17-11-10-13-6-4-5-9-15(13)17/h1-3,7-8,10-11H,4-6,9,12H2. The Labute approximate surface area is 107 Å². The zero-order chi connectivity index (χ0) is 12.4. The van der Waals surface area contributed by atoms with Crippen LogP contribution in [0.15, 0.2) is 42.6 Å². The van der Waals surface area contributed by atoms with Gasteiger partial charge in [-0.25, -0.2) is 0 Å². The second-order valence-electron chi connectivity index (χ2n) is 4.91. The molecule has 18 heavy (non-hydrogen) atoms. The lowest BCUT2D eigenvalue weighted by atomic mass is 9.98. The number of carbonyl (C=O) groups is 1. The summed E-state index contributed by atoms with van der Waals surface area (Å²) >= 11 is 0. The Morgan fingerprint density at radius 2 is 1.83 bits per heavy atom. The summed E-state index contributed by atoms with van der Waals surface area (Å²) in [5.41, 5.74) is 3.60. The molecular formula is C16H17NO. The molecule has 0 radical (unpaired) electrons. The molecule has 0 saturated heterocycles. The van der Waals surface area contributed by atoms with E-state index < -0.39 is 0 Å². The van der Waals surface area contributed by atoms with Gasteiger partial charge < -0.3 is 4.57 Å². The number of ketones is 1. The number of aromatic nitrogens is 1. The molecule has 0 fully saturated rings. The highest BCUT2D eigenvalue weighted by Gasteiger charge is 2.15. The van der Waals surface area contributed by atoms with Crippen LogP contribution in [0.2, 0.25) is 0 Å². The summed E-state index contributed by atoms with van der Waals surface area (Å²) in [6.07, 6.45) is 6.88. The minimum absolute atomic E-state index is 0.194. The summed E-state index contributed by atoms with van der Waals surface area (Å²) in [6, 6.07) is 11.7. The van der Waals surface area contributed by atoms with E-state index >= 15 is 0 Å². The molecule has 92 valence electrons. The SMILES string of the molecule is O=C(Cn1ccc2c1CCCC2)c1ccccc1. The summed E-state index contributed by atoms with van der Waals surface area (Å²) in [4.78, 5) is 12.2. The average molecular weight is 239 g/mol. The maximum atomic E-state index is 12.2. The highest BCUT2D eigenvalue weighted by molar-refractivity contribution is 5.95. The summed E-state index contributed by atoms with van der Waals surface area (Å²) in [5, 5.41) is 0. The monoisotopic (exact) mass is 239 g/mol. The molecule has 0 saturated carbocycles. The molecule has 0 N–H and O–H groups in total. The first-order chi connectivity index (χ1) is 8.84. The average Bonchev–Trinajstić information content (AvgIpc) is 2.83. The molecule has 3 rings (SSSR count). The van der Waals surface area contributed by atoms with Crippen molar-refractivity contribution < 1.29 is 4.79 Å². The molecule has 0 unspecified atom stereocenters. The first kappa shape index (κ1) is 11.3. The first-order valence-electron chi connectivity index (χ1n) is 6.60. The lowest BCUT2D eigenvalue weighted by molar-refractivity contribution is 0.0971. The van der Waals surface area contributed by atoms with Crippen molar-refractivity contribution in [3.8, 4) is 0 Å². The second kappa shape index (κ2) is 4.81. The Hall–Kier alpha value is -1.83. The van der Waals surface area contributed by atoms with Gasteiger partial charge in [0.05, 0.1) is 6.54 Å². The lowest BCUT2D eigenvalue weighted by Gasteiger charge is -2.15. The number of fused-ring (bicyclic) bond motifs is 1. The largest absolute Gasteiger partial charge is 0.343 e. The van der Waals surface area contributed by atoms with E-state index in [1.54, 1.807) is 0 Å². The van der Waals surface area contributed by atoms with Gasteiger partial charge in [-0.05, 0) is 37.3 Å². The van der Waals surface area contributed by atoms with Crippen LogP contribution < -0.4 is 0 Å². The van der Waals surface area contributed by atoms with E-state index in [9.17, 15) is 4.79 Å². The fourth-order valence-corrected chi connectivity index (χ4v) is 2.71. The van der Waals surface area contributed by atoms with Crippen LogP contribution >= 0.6 is 0 Å². The van der Waals surface area contributed by atoms with Crippen LogP contribution in [0.3, 0.4) is 0 Å². The van der Waals surface area contributed by atoms with Crippen molar-refractivity contribution in [2.75, 3.05) is 0 Å². The van der Waals surface area contributed by atoms with Gasteiger partial charge >= 0.3 is 0 Å². The third-order valence-electron chi connectivity index (χ3n) is 3.69. The first-order valence-corrected chi connectivity index (χ1v) is 6.60. The smallest absolute Gasteiger partial charge is 0.182 e. The van der Waals surface area contributed by atoms with E-state index in [-0.39, 0.29) is 5.78 Å². The number of benzene rings is 1. The Bertz CT molecular complexity index is 554. The van der Waals surface area contributed by atoms with E-state index in [4.69, 9.17) is 0 Å². The van der Waals surface area contributed by atoms with Crippen LogP contribution in [0, 0.1) is 0 Å². The van der Waals surface area contributed by atoms with Crippen molar-refractivity contribution in [3.63, 3.8) is 0 Å². The van der Waals surface area contributed by atoms with Crippen LogP contribution in [0.5, 0.6) is 0 Å². The number of nitrogens with zero attached hydrogens (tertiary/aromatic N) is 1. The minimum Gasteiger partial charge on any atom is -0.343 e. The fourth-order valence-electron chi connectivity index (χ4n) is 2.71. The summed E-state index contributed by atoms with van der Waals surface area (Å²) in [6.45, 7) is 0.472. The lowest BCUT2D eigenvalue weighted by Crippen LogP contribution is -2.14. The molecular weight excluding hydrogens is 222 g/mol. The van der Waals surface area contributed by atoms with Gasteiger partial charge in [0.2, 0.25) is 0 Å². The molecule has 0 amide bonds. The molecule has 2 nitrogen and oxygen atoms in total. The van der Waals surface area contributed by atoms with Crippen molar-refractivity contribution in [2.45, 2.75) is 32.2 Å². The maximum absolute atomic E-state index is 12.2. The molecule has 0 atom stereocenters. The van der Waals surface area contributed by atoms with Crippen molar-refractivity contribution in [1.29, 1.82) is 0 Å². The second-order valence-corrected chi connectivity index (χ2v) is 4.91. The molecule has 1 aromatic heterocycles. The molecule has 2 heteroatoms. The zero-order valence-corrected chi connectivity index (χ0v) is 10.4. The third kappa shape index (κ3) is 2.10. The highest BCUT2D eigenvalue weighted by Crippen LogP contribution is 2.22. The normalized spacial score (nSPS) is 14.2. The predicted molar refractivity (Wildman–Crippen MR) is 71.8 cm³/mol. The van der Waals surface area contributed by atoms with Gasteiger partial charge in [-0.15, -0.1) is 0 Å². The summed E-state index contributed by atoms with van der Waals surface area (Å²) < 4.78 is 2.13. The van der Waals surface area contributed by atoms with E-state index in [1.165, 1.54) is 30.5 Å². The van der Waals surface area contributed by atoms with Crippen LogP contribution in [0.25, 0.3) is 0 Å². The van der Waals surface area contributed by atoms with Crippen LogP contribution in [0.4, 0.5) is 0 Å². The molecule has 0 bridgehead atoms. The van der Waals surface area contributed by atoms with Crippen LogP contribution in [0.1, 0.15) is 34.5 Å². The molecule has 2 aromatic rings. The van der Waals surface area contributed by atoms with Crippen LogP contribution in [-0.4, -0.2) is 10.4 Å². The van der Waals surface area contributed by atoms with Gasteiger partial charge in [0.25, 0.3) is 0 Å². The quantitative estimate of drug-likeness (QED) is 0.754. The Kier molecular flexibility index (Phi) is 3.01. The Morgan fingerprint density at radius 3 is 2.67 bits per heavy atom. The third-order valence-corrected chi connectivity index (χ3v) is 3.69. The number of Topliss-reactive ketones (excluding diaryl/α,β-unsaturated/α-hetero) is 1. The van der Waals surface area contributed by atoms with Gasteiger partial charge in [-0.2, -0.15) is 0 Å². The van der Waals surface area contributed by atoms with E-state index in [0.717, 1.165) is 12.0 Å². The number of hydrogen-bond acceptors (Lipinski definition) is 1. The fraction of sp³-hybridized carbons (Fsp3) is 0.312. The van der Waals surface area contributed by atoms with Gasteiger partial charge in [-0.3, -0.25) is 4.79 Å². The Balaban J connectivity index is 1.81. The molecule has 1 aliphatic rings. The topological polar surface area (TPSA) is 22.0 Å². The highest BCUT2D eigenvalue weighted by atomic mass is 16.1.